The Bertz CT molecular complexity index is 657. The van der Waals surface area contributed by atoms with Crippen molar-refractivity contribution in [2.45, 2.75) is 19.3 Å². The highest BCUT2D eigenvalue weighted by atomic mass is 79.9. The topological polar surface area (TPSA) is 30.5 Å². The van der Waals surface area contributed by atoms with E-state index in [-0.39, 0.29) is 6.04 Å². The summed E-state index contributed by atoms with van der Waals surface area (Å²) in [4.78, 5) is 0. The zero-order valence-corrected chi connectivity index (χ0v) is 13.7. The molecule has 2 aromatic rings. The molecule has 1 N–H and O–H groups in total. The highest BCUT2D eigenvalue weighted by molar-refractivity contribution is 9.10. The number of hydrogen-bond donors (Lipinski definition) is 1. The van der Waals surface area contributed by atoms with Gasteiger partial charge in [-0.2, -0.15) is 0 Å². The van der Waals surface area contributed by atoms with Gasteiger partial charge in [-0.05, 0) is 41.4 Å². The van der Waals surface area contributed by atoms with Crippen LogP contribution in [0.4, 0.5) is 0 Å². The molecule has 1 aliphatic heterocycles. The first kappa shape index (κ1) is 14.6. The van der Waals surface area contributed by atoms with Crippen molar-refractivity contribution in [3.8, 4) is 5.75 Å². The minimum absolute atomic E-state index is 0.135. The van der Waals surface area contributed by atoms with E-state index < -0.39 is 0 Å². The molecule has 2 aromatic carbocycles. The number of hydrogen-bond acceptors (Lipinski definition) is 3. The molecule has 3 rings (SSSR count). The van der Waals surface area contributed by atoms with Crippen LogP contribution in [-0.2, 0) is 18.0 Å². The Morgan fingerprint density at radius 2 is 1.95 bits per heavy atom. The fraction of sp³-hybridized carbons (Fsp3) is 0.294. The van der Waals surface area contributed by atoms with Crippen molar-refractivity contribution in [3.63, 3.8) is 0 Å². The highest BCUT2D eigenvalue weighted by Crippen LogP contribution is 2.33. The second kappa shape index (κ2) is 6.18. The number of halogens is 1. The van der Waals surface area contributed by atoms with Crippen LogP contribution in [0.5, 0.6) is 5.75 Å². The van der Waals surface area contributed by atoms with E-state index in [1.807, 2.05) is 19.2 Å². The third kappa shape index (κ3) is 2.84. The second-order valence-electron chi connectivity index (χ2n) is 5.13. The van der Waals surface area contributed by atoms with Crippen LogP contribution in [0.2, 0.25) is 0 Å². The molecule has 0 radical (unpaired) electrons. The molecule has 1 aliphatic rings. The molecule has 0 aromatic heterocycles. The van der Waals surface area contributed by atoms with Crippen molar-refractivity contribution >= 4 is 15.9 Å². The van der Waals surface area contributed by atoms with Gasteiger partial charge in [-0.1, -0.05) is 40.2 Å². The van der Waals surface area contributed by atoms with Crippen LogP contribution in [0.1, 0.15) is 28.3 Å². The molecule has 21 heavy (non-hydrogen) atoms. The molecule has 3 nitrogen and oxygen atoms in total. The summed E-state index contributed by atoms with van der Waals surface area (Å²) < 4.78 is 11.8. The second-order valence-corrected chi connectivity index (χ2v) is 5.98. The molecule has 1 unspecified atom stereocenters. The smallest absolute Gasteiger partial charge is 0.120 e. The zero-order chi connectivity index (χ0) is 14.8. The minimum atomic E-state index is 0.135. The van der Waals surface area contributed by atoms with Gasteiger partial charge in [-0.3, -0.25) is 0 Å². The lowest BCUT2D eigenvalue weighted by atomic mass is 9.96. The van der Waals surface area contributed by atoms with Crippen LogP contribution in [0.15, 0.2) is 40.9 Å². The van der Waals surface area contributed by atoms with Gasteiger partial charge in [-0.15, -0.1) is 0 Å². The zero-order valence-electron chi connectivity index (χ0n) is 12.2. The largest absolute Gasteiger partial charge is 0.497 e. The molecule has 0 saturated carbocycles. The number of methoxy groups -OCH3 is 1. The Kier molecular flexibility index (Phi) is 4.29. The Morgan fingerprint density at radius 3 is 2.67 bits per heavy atom. The number of ether oxygens (including phenoxy) is 2. The summed E-state index contributed by atoms with van der Waals surface area (Å²) in [6.45, 7) is 1.44. The fourth-order valence-electron chi connectivity index (χ4n) is 2.74. The quantitative estimate of drug-likeness (QED) is 0.912. The molecule has 4 heteroatoms. The van der Waals surface area contributed by atoms with E-state index >= 15 is 0 Å². The van der Waals surface area contributed by atoms with Crippen LogP contribution >= 0.6 is 15.9 Å². The van der Waals surface area contributed by atoms with Gasteiger partial charge in [0.05, 0.1) is 26.4 Å². The van der Waals surface area contributed by atoms with Crippen molar-refractivity contribution < 1.29 is 9.47 Å². The van der Waals surface area contributed by atoms with Crippen molar-refractivity contribution in [2.75, 3.05) is 14.2 Å². The van der Waals surface area contributed by atoms with Gasteiger partial charge in [0.25, 0.3) is 0 Å². The van der Waals surface area contributed by atoms with Crippen LogP contribution in [0, 0.1) is 0 Å². The van der Waals surface area contributed by atoms with Crippen LogP contribution in [0.3, 0.4) is 0 Å². The molecule has 110 valence electrons. The summed E-state index contributed by atoms with van der Waals surface area (Å²) in [6, 6.07) is 12.8. The van der Waals surface area contributed by atoms with E-state index in [0.29, 0.717) is 6.61 Å². The van der Waals surface area contributed by atoms with Gasteiger partial charge in [0.2, 0.25) is 0 Å². The molecule has 0 saturated heterocycles. The monoisotopic (exact) mass is 347 g/mol. The first-order valence-corrected chi connectivity index (χ1v) is 7.72. The molecule has 0 bridgehead atoms. The Balaban J connectivity index is 1.98. The molecule has 0 fully saturated rings. The Hall–Kier alpha value is -1.36. The van der Waals surface area contributed by atoms with Gasteiger partial charge >= 0.3 is 0 Å². The number of nitrogens with one attached hydrogen (secondary N) is 1. The summed E-state index contributed by atoms with van der Waals surface area (Å²) in [5, 5.41) is 3.39. The average Bonchev–Trinajstić information content (AvgIpc) is 2.97. The number of fused-ring (bicyclic) bond motifs is 1. The van der Waals surface area contributed by atoms with Gasteiger partial charge in [0.15, 0.2) is 0 Å². The lowest BCUT2D eigenvalue weighted by molar-refractivity contribution is 0.134. The maximum atomic E-state index is 5.50. The van der Waals surface area contributed by atoms with Crippen molar-refractivity contribution in [2.24, 2.45) is 0 Å². The van der Waals surface area contributed by atoms with Gasteiger partial charge < -0.3 is 14.8 Å². The average molecular weight is 348 g/mol. The van der Waals surface area contributed by atoms with Crippen molar-refractivity contribution in [1.82, 2.24) is 5.32 Å². The lowest BCUT2D eigenvalue weighted by Crippen LogP contribution is -2.18. The SMILES string of the molecule is CNC(c1ccc2c(c1)COC2)c1ccc(OC)cc1Br. The van der Waals surface area contributed by atoms with Crippen molar-refractivity contribution in [3.05, 3.63) is 63.1 Å². The van der Waals surface area contributed by atoms with E-state index in [4.69, 9.17) is 9.47 Å². The lowest BCUT2D eigenvalue weighted by Gasteiger charge is -2.20. The number of benzene rings is 2. The van der Waals surface area contributed by atoms with E-state index in [1.165, 1.54) is 22.3 Å². The molecular formula is C17H18BrNO2. The predicted octanol–water partition coefficient (Wildman–Crippen LogP) is 3.80. The normalized spacial score (nSPS) is 14.8. The third-order valence-corrected chi connectivity index (χ3v) is 4.57. The molecule has 0 amide bonds. The number of rotatable bonds is 4. The fourth-order valence-corrected chi connectivity index (χ4v) is 3.33. The first-order chi connectivity index (χ1) is 10.2. The standard InChI is InChI=1S/C17H18BrNO2/c1-19-17(15-6-5-14(20-2)8-16(15)18)11-3-4-12-9-21-10-13(12)7-11/h3-8,17,19H,9-10H2,1-2H3. The summed E-state index contributed by atoms with van der Waals surface area (Å²) in [6.07, 6.45) is 0. The third-order valence-electron chi connectivity index (χ3n) is 3.89. The maximum Gasteiger partial charge on any atom is 0.120 e. The van der Waals surface area contributed by atoms with Crippen LogP contribution in [0.25, 0.3) is 0 Å². The molecule has 0 spiro atoms. The highest BCUT2D eigenvalue weighted by Gasteiger charge is 2.18. The van der Waals surface area contributed by atoms with E-state index in [9.17, 15) is 0 Å². The first-order valence-electron chi connectivity index (χ1n) is 6.93. The van der Waals surface area contributed by atoms with E-state index in [1.54, 1.807) is 7.11 Å². The van der Waals surface area contributed by atoms with E-state index in [0.717, 1.165) is 16.8 Å². The maximum absolute atomic E-state index is 5.50. The summed E-state index contributed by atoms with van der Waals surface area (Å²) in [5.41, 5.74) is 5.02. The predicted molar refractivity (Wildman–Crippen MR) is 86.5 cm³/mol. The van der Waals surface area contributed by atoms with Gasteiger partial charge in [0.1, 0.15) is 5.75 Å². The minimum Gasteiger partial charge on any atom is -0.497 e. The Labute approximate surface area is 133 Å². The molecule has 1 atom stereocenters. The molecular weight excluding hydrogens is 330 g/mol. The molecule has 0 aliphatic carbocycles. The van der Waals surface area contributed by atoms with Gasteiger partial charge in [0, 0.05) is 4.47 Å². The van der Waals surface area contributed by atoms with Gasteiger partial charge in [-0.25, -0.2) is 0 Å². The van der Waals surface area contributed by atoms with E-state index in [2.05, 4.69) is 45.5 Å². The summed E-state index contributed by atoms with van der Waals surface area (Å²) in [7, 11) is 3.66. The molecule has 1 heterocycles. The van der Waals surface area contributed by atoms with Crippen molar-refractivity contribution in [1.29, 1.82) is 0 Å². The summed E-state index contributed by atoms with van der Waals surface area (Å²) in [5.74, 6) is 0.850. The van der Waals surface area contributed by atoms with Crippen LogP contribution in [-0.4, -0.2) is 14.2 Å². The summed E-state index contributed by atoms with van der Waals surface area (Å²) >= 11 is 3.64. The van der Waals surface area contributed by atoms with Crippen LogP contribution < -0.4 is 10.1 Å². The Morgan fingerprint density at radius 1 is 1.14 bits per heavy atom.